The third-order valence-corrected chi connectivity index (χ3v) is 4.33. The molecule has 1 fully saturated rings. The summed E-state index contributed by atoms with van der Waals surface area (Å²) in [5.74, 6) is 2.23. The summed E-state index contributed by atoms with van der Waals surface area (Å²) in [5.41, 5.74) is 0.863. The third kappa shape index (κ3) is 6.31. The Labute approximate surface area is 144 Å². The number of likely N-dealkylation sites (tertiary alicyclic amines) is 1. The maximum atomic E-state index is 5.31. The van der Waals surface area contributed by atoms with Gasteiger partial charge in [0.15, 0.2) is 5.11 Å². The van der Waals surface area contributed by atoms with Gasteiger partial charge in [-0.3, -0.25) is 0 Å². The van der Waals surface area contributed by atoms with E-state index in [9.17, 15) is 0 Å². The Bertz CT molecular complexity index is 484. The molecule has 0 aromatic carbocycles. The highest BCUT2D eigenvalue weighted by Crippen LogP contribution is 2.20. The Morgan fingerprint density at radius 3 is 2.70 bits per heavy atom. The minimum atomic E-state index is 0.597. The second-order valence-electron chi connectivity index (χ2n) is 6.53. The van der Waals surface area contributed by atoms with E-state index < -0.39 is 0 Å². The largest absolute Gasteiger partial charge is 0.481 e. The van der Waals surface area contributed by atoms with Gasteiger partial charge in [0, 0.05) is 25.7 Å². The van der Waals surface area contributed by atoms with E-state index in [4.69, 9.17) is 17.0 Å². The summed E-state index contributed by atoms with van der Waals surface area (Å²) < 4.78 is 5.03. The first-order valence-corrected chi connectivity index (χ1v) is 8.75. The summed E-state index contributed by atoms with van der Waals surface area (Å²) >= 11 is 5.31. The molecular formula is C17H28N4OS. The molecule has 2 N–H and O–H groups in total. The van der Waals surface area contributed by atoms with Crippen molar-refractivity contribution in [2.75, 3.05) is 38.6 Å². The molecule has 1 aliphatic rings. The first-order valence-electron chi connectivity index (χ1n) is 8.34. The summed E-state index contributed by atoms with van der Waals surface area (Å²) in [7, 11) is 1.60. The topological polar surface area (TPSA) is 49.4 Å². The Morgan fingerprint density at radius 1 is 1.35 bits per heavy atom. The molecule has 0 amide bonds. The first kappa shape index (κ1) is 17.9. The van der Waals surface area contributed by atoms with Crippen LogP contribution in [-0.4, -0.2) is 48.3 Å². The van der Waals surface area contributed by atoms with Gasteiger partial charge in [-0.25, -0.2) is 4.98 Å². The van der Waals surface area contributed by atoms with Crippen LogP contribution in [0.3, 0.4) is 0 Å². The lowest BCUT2D eigenvalue weighted by Crippen LogP contribution is -2.40. The van der Waals surface area contributed by atoms with Crippen molar-refractivity contribution in [3.05, 3.63) is 18.3 Å². The van der Waals surface area contributed by atoms with Gasteiger partial charge in [-0.05, 0) is 49.5 Å². The van der Waals surface area contributed by atoms with E-state index in [1.807, 2.05) is 12.1 Å². The number of anilines is 1. The molecule has 2 heterocycles. The van der Waals surface area contributed by atoms with Crippen LogP contribution in [0.4, 0.5) is 5.69 Å². The van der Waals surface area contributed by atoms with E-state index in [0.717, 1.165) is 37.0 Å². The molecule has 1 saturated heterocycles. The van der Waals surface area contributed by atoms with Crippen molar-refractivity contribution in [1.29, 1.82) is 0 Å². The van der Waals surface area contributed by atoms with Crippen LogP contribution in [0.1, 0.15) is 26.7 Å². The van der Waals surface area contributed by atoms with Crippen LogP contribution in [0.15, 0.2) is 18.3 Å². The maximum absolute atomic E-state index is 5.31. The molecule has 128 valence electrons. The van der Waals surface area contributed by atoms with E-state index in [0.29, 0.717) is 11.0 Å². The molecule has 0 spiro atoms. The molecule has 1 aromatic heterocycles. The standard InChI is InChI=1S/C17H28N4OS/c1-13-9-14(2)12-21(11-13)8-4-7-18-17(23)20-15-5-6-16(22-3)19-10-15/h5-6,10,13-14H,4,7-9,11-12H2,1-3H3,(H2,18,20,23). The van der Waals surface area contributed by atoms with Crippen LogP contribution < -0.4 is 15.4 Å². The van der Waals surface area contributed by atoms with Crippen molar-refractivity contribution in [2.24, 2.45) is 11.8 Å². The van der Waals surface area contributed by atoms with Gasteiger partial charge >= 0.3 is 0 Å². The lowest BCUT2D eigenvalue weighted by molar-refractivity contribution is 0.140. The second-order valence-corrected chi connectivity index (χ2v) is 6.94. The minimum Gasteiger partial charge on any atom is -0.481 e. The zero-order valence-electron chi connectivity index (χ0n) is 14.3. The summed E-state index contributed by atoms with van der Waals surface area (Å²) in [5, 5.41) is 7.03. The van der Waals surface area contributed by atoms with Crippen LogP contribution in [-0.2, 0) is 0 Å². The molecule has 5 nitrogen and oxygen atoms in total. The van der Waals surface area contributed by atoms with Crippen molar-refractivity contribution in [2.45, 2.75) is 26.7 Å². The normalized spacial score (nSPS) is 21.7. The maximum Gasteiger partial charge on any atom is 0.213 e. The van der Waals surface area contributed by atoms with Crippen LogP contribution in [0.2, 0.25) is 0 Å². The third-order valence-electron chi connectivity index (χ3n) is 4.08. The molecule has 0 saturated carbocycles. The average molecular weight is 337 g/mol. The zero-order chi connectivity index (χ0) is 16.7. The minimum absolute atomic E-state index is 0.597. The van der Waals surface area contributed by atoms with Gasteiger partial charge in [0.1, 0.15) is 0 Å². The quantitative estimate of drug-likeness (QED) is 0.615. The molecule has 0 radical (unpaired) electrons. The van der Waals surface area contributed by atoms with E-state index in [-0.39, 0.29) is 0 Å². The Balaban J connectivity index is 1.62. The number of hydrogen-bond acceptors (Lipinski definition) is 4. The van der Waals surface area contributed by atoms with Crippen molar-refractivity contribution >= 4 is 23.0 Å². The molecule has 23 heavy (non-hydrogen) atoms. The number of hydrogen-bond donors (Lipinski definition) is 2. The SMILES string of the molecule is COc1ccc(NC(=S)NCCCN2CC(C)CC(C)C2)cn1. The van der Waals surface area contributed by atoms with E-state index >= 15 is 0 Å². The Kier molecular flexibility index (Phi) is 7.05. The van der Waals surface area contributed by atoms with Crippen molar-refractivity contribution in [1.82, 2.24) is 15.2 Å². The molecule has 2 rings (SSSR count). The highest BCUT2D eigenvalue weighted by Gasteiger charge is 2.20. The van der Waals surface area contributed by atoms with E-state index in [1.54, 1.807) is 13.3 Å². The van der Waals surface area contributed by atoms with Crippen molar-refractivity contribution < 1.29 is 4.74 Å². The van der Waals surface area contributed by atoms with Crippen molar-refractivity contribution in [3.63, 3.8) is 0 Å². The number of ether oxygens (including phenoxy) is 1. The van der Waals surface area contributed by atoms with Crippen LogP contribution >= 0.6 is 12.2 Å². The van der Waals surface area contributed by atoms with Gasteiger partial charge < -0.3 is 20.3 Å². The van der Waals surface area contributed by atoms with Gasteiger partial charge in [0.25, 0.3) is 0 Å². The Morgan fingerprint density at radius 2 is 2.09 bits per heavy atom. The van der Waals surface area contributed by atoms with Crippen molar-refractivity contribution in [3.8, 4) is 5.88 Å². The summed E-state index contributed by atoms with van der Waals surface area (Å²) in [6.45, 7) is 9.17. The number of nitrogens with one attached hydrogen (secondary N) is 2. The van der Waals surface area contributed by atoms with Gasteiger partial charge in [-0.1, -0.05) is 13.8 Å². The number of pyridine rings is 1. The monoisotopic (exact) mass is 336 g/mol. The fraction of sp³-hybridized carbons (Fsp3) is 0.647. The van der Waals surface area contributed by atoms with E-state index in [1.165, 1.54) is 19.5 Å². The number of nitrogens with zero attached hydrogens (tertiary/aromatic N) is 2. The number of rotatable bonds is 6. The molecule has 0 bridgehead atoms. The fourth-order valence-electron chi connectivity index (χ4n) is 3.23. The zero-order valence-corrected chi connectivity index (χ0v) is 15.2. The molecule has 2 unspecified atom stereocenters. The summed E-state index contributed by atoms with van der Waals surface area (Å²) in [6.07, 6.45) is 4.17. The summed E-state index contributed by atoms with van der Waals surface area (Å²) in [4.78, 5) is 6.72. The van der Waals surface area contributed by atoms with E-state index in [2.05, 4.69) is 34.4 Å². The predicted molar refractivity (Wildman–Crippen MR) is 99.0 cm³/mol. The smallest absolute Gasteiger partial charge is 0.213 e. The van der Waals surface area contributed by atoms with Gasteiger partial charge in [-0.2, -0.15) is 0 Å². The molecule has 6 heteroatoms. The van der Waals surface area contributed by atoms with Crippen LogP contribution in [0.25, 0.3) is 0 Å². The average Bonchev–Trinajstić information content (AvgIpc) is 2.51. The lowest BCUT2D eigenvalue weighted by atomic mass is 9.92. The molecular weight excluding hydrogens is 308 g/mol. The van der Waals surface area contributed by atoms with Crippen LogP contribution in [0, 0.1) is 11.8 Å². The Hall–Kier alpha value is -1.40. The first-order chi connectivity index (χ1) is 11.1. The number of piperidine rings is 1. The highest BCUT2D eigenvalue weighted by molar-refractivity contribution is 7.80. The predicted octanol–water partition coefficient (Wildman–Crippen LogP) is 2.74. The fourth-order valence-corrected chi connectivity index (χ4v) is 3.45. The highest BCUT2D eigenvalue weighted by atomic mass is 32.1. The van der Waals surface area contributed by atoms with Gasteiger partial charge in [0.2, 0.25) is 5.88 Å². The van der Waals surface area contributed by atoms with Crippen LogP contribution in [0.5, 0.6) is 5.88 Å². The number of methoxy groups -OCH3 is 1. The second kappa shape index (κ2) is 9.03. The molecule has 2 atom stereocenters. The number of aromatic nitrogens is 1. The van der Waals surface area contributed by atoms with Gasteiger partial charge in [-0.15, -0.1) is 0 Å². The lowest BCUT2D eigenvalue weighted by Gasteiger charge is -2.34. The molecule has 0 aliphatic carbocycles. The number of thiocarbonyl (C=S) groups is 1. The molecule has 1 aliphatic heterocycles. The van der Waals surface area contributed by atoms with Gasteiger partial charge in [0.05, 0.1) is 19.0 Å². The molecule has 1 aromatic rings. The summed E-state index contributed by atoms with van der Waals surface area (Å²) in [6, 6.07) is 3.71.